The summed E-state index contributed by atoms with van der Waals surface area (Å²) < 4.78 is 36.6. The van der Waals surface area contributed by atoms with Gasteiger partial charge in [-0.3, -0.25) is 24.1 Å². The van der Waals surface area contributed by atoms with E-state index in [1.807, 2.05) is 0 Å². The topological polar surface area (TPSA) is 95.6 Å². The number of fused-ring (bicyclic) bond motifs is 1. The maximum Gasteiger partial charge on any atom is 0.471 e. The average Bonchev–Trinajstić information content (AvgIpc) is 2.82. The summed E-state index contributed by atoms with van der Waals surface area (Å²) in [5.41, 5.74) is 0.590. The summed E-state index contributed by atoms with van der Waals surface area (Å²) in [7, 11) is 0. The number of rotatable bonds is 7. The SMILES string of the molecule is O=C(CCCN1C(=O)c2ccc(Br)cc2C1=O)NCCNC(=O)C(F)(F)F. The van der Waals surface area contributed by atoms with E-state index in [1.54, 1.807) is 23.5 Å². The van der Waals surface area contributed by atoms with E-state index in [4.69, 9.17) is 0 Å². The van der Waals surface area contributed by atoms with Crippen LogP contribution in [0.15, 0.2) is 22.7 Å². The summed E-state index contributed by atoms with van der Waals surface area (Å²) in [5, 5.41) is 3.97. The number of nitrogens with one attached hydrogen (secondary N) is 2. The molecule has 0 aromatic heterocycles. The molecule has 2 rings (SSSR count). The monoisotopic (exact) mass is 449 g/mol. The molecule has 0 radical (unpaired) electrons. The molecule has 0 unspecified atom stereocenters. The molecule has 0 fully saturated rings. The Morgan fingerprint density at radius 3 is 2.33 bits per heavy atom. The van der Waals surface area contributed by atoms with Crippen LogP contribution < -0.4 is 10.6 Å². The molecule has 1 aromatic carbocycles. The minimum absolute atomic E-state index is 0.0235. The first-order chi connectivity index (χ1) is 12.6. The van der Waals surface area contributed by atoms with E-state index >= 15 is 0 Å². The number of carbonyl (C=O) groups excluding carboxylic acids is 4. The highest BCUT2D eigenvalue weighted by Gasteiger charge is 2.38. The lowest BCUT2D eigenvalue weighted by atomic mass is 10.1. The fourth-order valence-electron chi connectivity index (χ4n) is 2.43. The quantitative estimate of drug-likeness (QED) is 0.488. The number of amides is 4. The van der Waals surface area contributed by atoms with Gasteiger partial charge in [-0.25, -0.2) is 0 Å². The van der Waals surface area contributed by atoms with E-state index in [0.717, 1.165) is 4.90 Å². The van der Waals surface area contributed by atoms with Gasteiger partial charge in [-0.2, -0.15) is 13.2 Å². The third kappa shape index (κ3) is 5.28. The summed E-state index contributed by atoms with van der Waals surface area (Å²) >= 11 is 3.23. The molecular weight excluding hydrogens is 435 g/mol. The van der Waals surface area contributed by atoms with Gasteiger partial charge in [0.25, 0.3) is 11.8 Å². The maximum atomic E-state index is 12.2. The fraction of sp³-hybridized carbons (Fsp3) is 0.375. The first kappa shape index (κ1) is 20.9. The molecule has 0 bridgehead atoms. The van der Waals surface area contributed by atoms with Crippen molar-refractivity contribution in [2.24, 2.45) is 0 Å². The van der Waals surface area contributed by atoms with Crippen molar-refractivity contribution < 1.29 is 32.3 Å². The Morgan fingerprint density at radius 2 is 1.67 bits per heavy atom. The number of benzene rings is 1. The minimum Gasteiger partial charge on any atom is -0.354 e. The number of halogens is 4. The minimum atomic E-state index is -4.97. The standard InChI is InChI=1S/C16H15BrF3N3O4/c17-9-3-4-10-11(8-9)14(26)23(13(10)25)7-1-2-12(24)21-5-6-22-15(27)16(18,19)20/h3-4,8H,1-2,5-7H2,(H,21,24)(H,22,27). The lowest BCUT2D eigenvalue weighted by molar-refractivity contribution is -0.173. The van der Waals surface area contributed by atoms with Gasteiger partial charge in [0.1, 0.15) is 0 Å². The number of nitrogens with zero attached hydrogens (tertiary/aromatic N) is 1. The molecule has 4 amide bonds. The van der Waals surface area contributed by atoms with E-state index < -0.39 is 29.8 Å². The number of carbonyl (C=O) groups is 4. The van der Waals surface area contributed by atoms with Crippen molar-refractivity contribution in [1.29, 1.82) is 0 Å². The smallest absolute Gasteiger partial charge is 0.354 e. The van der Waals surface area contributed by atoms with E-state index in [-0.39, 0.29) is 32.5 Å². The van der Waals surface area contributed by atoms with Crippen molar-refractivity contribution >= 4 is 39.6 Å². The Kier molecular flexibility index (Phi) is 6.58. The Bertz CT molecular complexity index is 783. The molecule has 1 aliphatic heterocycles. The molecule has 0 saturated carbocycles. The molecule has 27 heavy (non-hydrogen) atoms. The summed E-state index contributed by atoms with van der Waals surface area (Å²) in [5.74, 6) is -3.41. The highest BCUT2D eigenvalue weighted by Crippen LogP contribution is 2.26. The van der Waals surface area contributed by atoms with Crippen LogP contribution in [0.1, 0.15) is 33.6 Å². The first-order valence-corrected chi connectivity index (χ1v) is 8.68. The van der Waals surface area contributed by atoms with Crippen molar-refractivity contribution in [3.05, 3.63) is 33.8 Å². The van der Waals surface area contributed by atoms with Gasteiger partial charge in [0.05, 0.1) is 11.1 Å². The second-order valence-corrected chi connectivity index (χ2v) is 6.57. The van der Waals surface area contributed by atoms with Crippen molar-refractivity contribution in [2.45, 2.75) is 19.0 Å². The molecule has 0 spiro atoms. The van der Waals surface area contributed by atoms with E-state index in [9.17, 15) is 32.3 Å². The summed E-state index contributed by atoms with van der Waals surface area (Å²) in [6.07, 6.45) is -4.79. The van der Waals surface area contributed by atoms with Gasteiger partial charge in [0.15, 0.2) is 0 Å². The van der Waals surface area contributed by atoms with Gasteiger partial charge >= 0.3 is 12.1 Å². The van der Waals surface area contributed by atoms with Crippen molar-refractivity contribution in [2.75, 3.05) is 19.6 Å². The molecule has 0 aliphatic carbocycles. The number of hydrogen-bond acceptors (Lipinski definition) is 4. The summed E-state index contributed by atoms with van der Waals surface area (Å²) in [4.78, 5) is 47.7. The predicted octanol–water partition coefficient (Wildman–Crippen LogP) is 1.62. The van der Waals surface area contributed by atoms with Crippen LogP contribution in [0.5, 0.6) is 0 Å². The second kappa shape index (κ2) is 8.51. The van der Waals surface area contributed by atoms with Gasteiger partial charge in [-0.05, 0) is 24.6 Å². The Balaban J connectivity index is 1.71. The van der Waals surface area contributed by atoms with Crippen LogP contribution in [0.2, 0.25) is 0 Å². The Labute approximate surface area is 160 Å². The third-order valence-corrected chi connectivity index (χ3v) is 4.20. The second-order valence-electron chi connectivity index (χ2n) is 5.66. The van der Waals surface area contributed by atoms with Gasteiger partial charge in [0.2, 0.25) is 5.91 Å². The highest BCUT2D eigenvalue weighted by molar-refractivity contribution is 9.10. The average molecular weight is 450 g/mol. The lowest BCUT2D eigenvalue weighted by Crippen LogP contribution is -2.41. The van der Waals surface area contributed by atoms with Crippen molar-refractivity contribution in [3.63, 3.8) is 0 Å². The van der Waals surface area contributed by atoms with Gasteiger partial charge < -0.3 is 10.6 Å². The third-order valence-electron chi connectivity index (χ3n) is 3.71. The molecule has 0 atom stereocenters. The van der Waals surface area contributed by atoms with E-state index in [0.29, 0.717) is 15.6 Å². The van der Waals surface area contributed by atoms with Crippen LogP contribution in [0.4, 0.5) is 13.2 Å². The zero-order valence-corrected chi connectivity index (χ0v) is 15.4. The Morgan fingerprint density at radius 1 is 1.04 bits per heavy atom. The Hall–Kier alpha value is -2.43. The van der Waals surface area contributed by atoms with Crippen molar-refractivity contribution in [3.8, 4) is 0 Å². The zero-order valence-electron chi connectivity index (χ0n) is 13.9. The molecule has 7 nitrogen and oxygen atoms in total. The highest BCUT2D eigenvalue weighted by atomic mass is 79.9. The molecule has 1 heterocycles. The molecule has 1 aliphatic rings. The van der Waals surface area contributed by atoms with Gasteiger partial charge in [0, 0.05) is 30.5 Å². The number of hydrogen-bond donors (Lipinski definition) is 2. The van der Waals surface area contributed by atoms with Gasteiger partial charge in [-0.1, -0.05) is 15.9 Å². The predicted molar refractivity (Wildman–Crippen MR) is 90.8 cm³/mol. The molecule has 146 valence electrons. The summed E-state index contributed by atoms with van der Waals surface area (Å²) in [6.45, 7) is -0.485. The first-order valence-electron chi connectivity index (χ1n) is 7.88. The lowest BCUT2D eigenvalue weighted by Gasteiger charge is -2.13. The van der Waals surface area contributed by atoms with Crippen LogP contribution in [0.25, 0.3) is 0 Å². The van der Waals surface area contributed by atoms with E-state index in [2.05, 4.69) is 21.2 Å². The molecule has 1 aromatic rings. The molecular formula is C16H15BrF3N3O4. The normalized spacial score (nSPS) is 13.6. The fourth-order valence-corrected chi connectivity index (χ4v) is 2.79. The zero-order chi connectivity index (χ0) is 20.2. The van der Waals surface area contributed by atoms with Crippen LogP contribution in [-0.4, -0.2) is 54.3 Å². The van der Waals surface area contributed by atoms with Crippen LogP contribution in [0.3, 0.4) is 0 Å². The molecule has 11 heteroatoms. The van der Waals surface area contributed by atoms with Crippen LogP contribution >= 0.6 is 15.9 Å². The maximum absolute atomic E-state index is 12.2. The van der Waals surface area contributed by atoms with Crippen LogP contribution in [-0.2, 0) is 9.59 Å². The van der Waals surface area contributed by atoms with Crippen molar-refractivity contribution in [1.82, 2.24) is 15.5 Å². The number of imide groups is 1. The summed E-state index contributed by atoms with van der Waals surface area (Å²) in [6, 6.07) is 4.75. The largest absolute Gasteiger partial charge is 0.471 e. The van der Waals surface area contributed by atoms with E-state index in [1.165, 1.54) is 0 Å². The van der Waals surface area contributed by atoms with Crippen LogP contribution in [0, 0.1) is 0 Å². The molecule has 0 saturated heterocycles. The van der Waals surface area contributed by atoms with Gasteiger partial charge in [-0.15, -0.1) is 0 Å². The molecule has 2 N–H and O–H groups in total. The number of alkyl halides is 3.